The van der Waals surface area contributed by atoms with Crippen molar-refractivity contribution in [3.8, 4) is 0 Å². The number of imidazole rings is 1. The van der Waals surface area contributed by atoms with E-state index in [-0.39, 0.29) is 31.2 Å². The Balaban J connectivity index is 0.00000289. The molecule has 2 heterocycles. The molecule has 3 N–H and O–H groups in total. The Morgan fingerprint density at radius 2 is 1.63 bits per heavy atom. The van der Waals surface area contributed by atoms with Crippen LogP contribution in [-0.2, 0) is 4.79 Å². The molecule has 0 bridgehead atoms. The molecule has 0 saturated heterocycles. The Morgan fingerprint density at radius 1 is 0.971 bits per heavy atom. The van der Waals surface area contributed by atoms with Gasteiger partial charge in [0.2, 0.25) is 11.9 Å². The number of aromatic nitrogens is 4. The predicted molar refractivity (Wildman–Crippen MR) is 126 cm³/mol. The van der Waals surface area contributed by atoms with Gasteiger partial charge in [-0.3, -0.25) is 9.36 Å². The summed E-state index contributed by atoms with van der Waals surface area (Å²) in [5, 5.41) is 15.9. The molecule has 0 unspecified atom stereocenters. The standard InChI is InChI=1S/C23H25F3N6O2.CH4/c24-12-9-17(25)20(18(26)10-12)30-23-29-19-11-27-22(28-13-1-5-15(33)6-2-13)31-21(19)32(23)14-3-7-16(34)8-4-14;/h9-11,13-14,16,34H,1-8H2,(H,29,30)(H,27,28,31);1H4. The van der Waals surface area contributed by atoms with Crippen LogP contribution in [0.2, 0.25) is 0 Å². The Kier molecular flexibility index (Phi) is 7.25. The fraction of sp³-hybridized carbons (Fsp3) is 0.500. The summed E-state index contributed by atoms with van der Waals surface area (Å²) >= 11 is 0. The SMILES string of the molecule is C.O=C1CCC(Nc2ncc3nc(Nc4c(F)cc(F)cc4F)n(C4CCC(O)CC4)c3n2)CC1. The number of fused-ring (bicyclic) bond motifs is 1. The van der Waals surface area contributed by atoms with Gasteiger partial charge in [0, 0.05) is 37.1 Å². The number of aliphatic hydroxyl groups excluding tert-OH is 1. The zero-order chi connectivity index (χ0) is 23.8. The lowest BCUT2D eigenvalue weighted by atomic mass is 9.93. The number of nitrogens with zero attached hydrogens (tertiary/aromatic N) is 4. The first-order chi connectivity index (χ1) is 16.4. The summed E-state index contributed by atoms with van der Waals surface area (Å²) in [5.41, 5.74) is 0.407. The van der Waals surface area contributed by atoms with Crippen molar-refractivity contribution in [3.63, 3.8) is 0 Å². The highest BCUT2D eigenvalue weighted by atomic mass is 19.1. The van der Waals surface area contributed by atoms with Crippen molar-refractivity contribution in [3.05, 3.63) is 35.8 Å². The van der Waals surface area contributed by atoms with Crippen molar-refractivity contribution in [2.75, 3.05) is 10.6 Å². The largest absolute Gasteiger partial charge is 0.393 e. The van der Waals surface area contributed by atoms with E-state index < -0.39 is 29.2 Å². The minimum Gasteiger partial charge on any atom is -0.393 e. The molecule has 0 radical (unpaired) electrons. The number of anilines is 3. The third-order valence-corrected chi connectivity index (χ3v) is 6.58. The van der Waals surface area contributed by atoms with E-state index in [2.05, 4.69) is 25.6 Å². The van der Waals surface area contributed by atoms with Gasteiger partial charge in [-0.15, -0.1) is 0 Å². The number of hydrogen-bond acceptors (Lipinski definition) is 7. The third kappa shape index (κ3) is 5.24. The highest BCUT2D eigenvalue weighted by Gasteiger charge is 2.27. The zero-order valence-corrected chi connectivity index (χ0v) is 18.4. The minimum absolute atomic E-state index is 0. The van der Waals surface area contributed by atoms with Crippen LogP contribution in [0.25, 0.3) is 11.2 Å². The van der Waals surface area contributed by atoms with Gasteiger partial charge >= 0.3 is 0 Å². The summed E-state index contributed by atoms with van der Waals surface area (Å²) in [6, 6.07) is 1.17. The molecule has 35 heavy (non-hydrogen) atoms. The molecule has 2 aliphatic rings. The first-order valence-corrected chi connectivity index (χ1v) is 11.5. The topological polar surface area (TPSA) is 105 Å². The lowest BCUT2D eigenvalue weighted by Crippen LogP contribution is -2.27. The van der Waals surface area contributed by atoms with Gasteiger partial charge in [-0.1, -0.05) is 7.43 Å². The zero-order valence-electron chi connectivity index (χ0n) is 18.4. The maximum atomic E-state index is 14.4. The molecule has 0 atom stereocenters. The fourth-order valence-electron chi connectivity index (χ4n) is 4.75. The monoisotopic (exact) mass is 490 g/mol. The number of carbonyl (C=O) groups excluding carboxylic acids is 1. The van der Waals surface area contributed by atoms with Gasteiger partial charge in [0.15, 0.2) is 17.3 Å². The molecule has 188 valence electrons. The van der Waals surface area contributed by atoms with Crippen molar-refractivity contribution >= 4 is 34.5 Å². The van der Waals surface area contributed by atoms with Gasteiger partial charge < -0.3 is 15.7 Å². The first-order valence-electron chi connectivity index (χ1n) is 11.5. The van der Waals surface area contributed by atoms with Crippen LogP contribution in [0.1, 0.15) is 64.8 Å². The summed E-state index contributed by atoms with van der Waals surface area (Å²) < 4.78 is 43.9. The average molecular weight is 491 g/mol. The van der Waals surface area contributed by atoms with Gasteiger partial charge in [-0.05, 0) is 38.5 Å². The van der Waals surface area contributed by atoms with Crippen molar-refractivity contribution < 1.29 is 23.1 Å². The molecule has 0 spiro atoms. The highest BCUT2D eigenvalue weighted by molar-refractivity contribution is 5.79. The lowest BCUT2D eigenvalue weighted by Gasteiger charge is -2.28. The van der Waals surface area contributed by atoms with Gasteiger partial charge in [0.1, 0.15) is 22.8 Å². The van der Waals surface area contributed by atoms with E-state index in [1.165, 1.54) is 6.20 Å². The van der Waals surface area contributed by atoms with Crippen LogP contribution in [-0.4, -0.2) is 42.6 Å². The molecule has 2 fully saturated rings. The van der Waals surface area contributed by atoms with Gasteiger partial charge in [0.25, 0.3) is 0 Å². The average Bonchev–Trinajstić information content (AvgIpc) is 3.16. The normalized spacial score (nSPS) is 21.1. The third-order valence-electron chi connectivity index (χ3n) is 6.58. The maximum Gasteiger partial charge on any atom is 0.224 e. The second kappa shape index (κ2) is 10.2. The van der Waals surface area contributed by atoms with Crippen molar-refractivity contribution in [1.82, 2.24) is 19.5 Å². The lowest BCUT2D eigenvalue weighted by molar-refractivity contribution is -0.120. The van der Waals surface area contributed by atoms with Crippen LogP contribution in [0.3, 0.4) is 0 Å². The number of benzene rings is 1. The molecule has 8 nitrogen and oxygen atoms in total. The van der Waals surface area contributed by atoms with E-state index in [0.717, 1.165) is 0 Å². The van der Waals surface area contributed by atoms with Crippen LogP contribution >= 0.6 is 0 Å². The van der Waals surface area contributed by atoms with Crippen LogP contribution in [0.5, 0.6) is 0 Å². The number of rotatable bonds is 5. The quantitative estimate of drug-likeness (QED) is 0.461. The van der Waals surface area contributed by atoms with E-state index in [1.54, 1.807) is 4.57 Å². The predicted octanol–water partition coefficient (Wildman–Crippen LogP) is 5.02. The molecule has 2 saturated carbocycles. The number of aliphatic hydroxyl groups is 1. The molecular weight excluding hydrogens is 461 g/mol. The van der Waals surface area contributed by atoms with Crippen LogP contribution in [0.15, 0.2) is 18.3 Å². The number of Topliss-reactive ketones (excluding diaryl/α,β-unsaturated/α-hetero) is 1. The molecule has 3 aromatic rings. The molecular formula is C24H29F3N6O2. The summed E-state index contributed by atoms with van der Waals surface area (Å²) in [6.07, 6.45) is 6.01. The second-order valence-corrected chi connectivity index (χ2v) is 9.00. The van der Waals surface area contributed by atoms with E-state index in [0.29, 0.717) is 80.6 Å². The number of hydrogen-bond donors (Lipinski definition) is 3. The number of ketones is 1. The van der Waals surface area contributed by atoms with Crippen LogP contribution in [0.4, 0.5) is 30.8 Å². The molecule has 11 heteroatoms. The second-order valence-electron chi connectivity index (χ2n) is 9.00. The van der Waals surface area contributed by atoms with E-state index >= 15 is 0 Å². The van der Waals surface area contributed by atoms with E-state index in [9.17, 15) is 23.1 Å². The van der Waals surface area contributed by atoms with Gasteiger partial charge in [-0.2, -0.15) is 4.98 Å². The molecule has 2 aromatic heterocycles. The minimum atomic E-state index is -1.07. The Morgan fingerprint density at radius 3 is 2.29 bits per heavy atom. The molecule has 0 aliphatic heterocycles. The number of carbonyl (C=O) groups is 1. The van der Waals surface area contributed by atoms with Crippen molar-refractivity contribution in [2.24, 2.45) is 0 Å². The molecule has 1 aromatic carbocycles. The summed E-state index contributed by atoms with van der Waals surface area (Å²) in [7, 11) is 0. The first kappa shape index (κ1) is 24.9. The molecule has 5 rings (SSSR count). The van der Waals surface area contributed by atoms with Crippen LogP contribution < -0.4 is 10.6 Å². The van der Waals surface area contributed by atoms with Gasteiger partial charge in [-0.25, -0.2) is 23.1 Å². The Hall–Kier alpha value is -3.21. The summed E-state index contributed by atoms with van der Waals surface area (Å²) in [5.74, 6) is -2.36. The number of halogens is 3. The van der Waals surface area contributed by atoms with Crippen molar-refractivity contribution in [1.29, 1.82) is 0 Å². The van der Waals surface area contributed by atoms with Crippen LogP contribution in [0, 0.1) is 17.5 Å². The Labute approximate surface area is 201 Å². The molecule has 2 aliphatic carbocycles. The maximum absolute atomic E-state index is 14.4. The summed E-state index contributed by atoms with van der Waals surface area (Å²) in [4.78, 5) is 25.0. The summed E-state index contributed by atoms with van der Waals surface area (Å²) in [6.45, 7) is 0. The van der Waals surface area contributed by atoms with Crippen molar-refractivity contribution in [2.45, 2.75) is 77.0 Å². The van der Waals surface area contributed by atoms with E-state index in [1.807, 2.05) is 0 Å². The fourth-order valence-corrected chi connectivity index (χ4v) is 4.75. The Bertz CT molecular complexity index is 1190. The van der Waals surface area contributed by atoms with Gasteiger partial charge in [0.05, 0.1) is 12.3 Å². The number of nitrogens with one attached hydrogen (secondary N) is 2. The molecule has 0 amide bonds. The smallest absolute Gasteiger partial charge is 0.224 e. The highest BCUT2D eigenvalue weighted by Crippen LogP contribution is 2.36. The van der Waals surface area contributed by atoms with E-state index in [4.69, 9.17) is 0 Å².